The zero-order chi connectivity index (χ0) is 23.1. The van der Waals surface area contributed by atoms with Crippen molar-refractivity contribution in [3.63, 3.8) is 0 Å². The summed E-state index contributed by atoms with van der Waals surface area (Å²) in [5.41, 5.74) is 6.15. The number of hydrogen-bond acceptors (Lipinski definition) is 4. The lowest BCUT2D eigenvalue weighted by molar-refractivity contribution is -0.385. The minimum absolute atomic E-state index is 0.00290. The molecule has 0 fully saturated rings. The van der Waals surface area contributed by atoms with Gasteiger partial charge in [-0.15, -0.1) is 11.6 Å². The normalized spacial score (nSPS) is 16.6. The Morgan fingerprint density at radius 3 is 2.70 bits per heavy atom. The van der Waals surface area contributed by atoms with Crippen LogP contribution in [0.25, 0.3) is 0 Å². The van der Waals surface area contributed by atoms with Crippen LogP contribution in [0.4, 0.5) is 11.4 Å². The minimum Gasteiger partial charge on any atom is -0.489 e. The third kappa shape index (κ3) is 3.95. The van der Waals surface area contributed by atoms with Gasteiger partial charge in [0.1, 0.15) is 12.4 Å². The number of ether oxygens (including phenoxy) is 1. The fourth-order valence-corrected chi connectivity index (χ4v) is 5.03. The molecular formula is C26H23ClN2O4. The summed E-state index contributed by atoms with van der Waals surface area (Å²) in [5, 5.41) is 11.2. The van der Waals surface area contributed by atoms with Crippen molar-refractivity contribution in [3.05, 3.63) is 98.1 Å². The van der Waals surface area contributed by atoms with E-state index >= 15 is 0 Å². The number of aryl methyl sites for hydroxylation is 2. The Morgan fingerprint density at radius 1 is 1.12 bits per heavy atom. The maximum Gasteiger partial charge on any atom is 0.270 e. The number of carbonyl (C=O) groups excluding carboxylic acids is 1. The summed E-state index contributed by atoms with van der Waals surface area (Å²) in [6.07, 6.45) is 2.56. The summed E-state index contributed by atoms with van der Waals surface area (Å²) in [6, 6.07) is 17.0. The first kappa shape index (κ1) is 21.5. The first-order chi connectivity index (χ1) is 15.9. The van der Waals surface area contributed by atoms with E-state index in [1.54, 1.807) is 0 Å². The molecule has 7 heteroatoms. The lowest BCUT2D eigenvalue weighted by Gasteiger charge is -2.23. The van der Waals surface area contributed by atoms with Crippen LogP contribution in [-0.2, 0) is 25.3 Å². The van der Waals surface area contributed by atoms with Crippen molar-refractivity contribution in [2.45, 2.75) is 44.7 Å². The van der Waals surface area contributed by atoms with Gasteiger partial charge in [-0.3, -0.25) is 14.9 Å². The van der Waals surface area contributed by atoms with Crippen LogP contribution in [0.5, 0.6) is 5.75 Å². The van der Waals surface area contributed by atoms with Crippen LogP contribution in [0.15, 0.2) is 54.6 Å². The molecule has 2 aliphatic rings. The Hall–Kier alpha value is -3.38. The van der Waals surface area contributed by atoms with Gasteiger partial charge in [-0.2, -0.15) is 0 Å². The van der Waals surface area contributed by atoms with Gasteiger partial charge in [-0.25, -0.2) is 0 Å². The average molecular weight is 463 g/mol. The maximum absolute atomic E-state index is 13.5. The average Bonchev–Trinajstić information content (AvgIpc) is 3.14. The molecule has 0 radical (unpaired) electrons. The van der Waals surface area contributed by atoms with Crippen LogP contribution in [0.1, 0.15) is 44.6 Å². The Morgan fingerprint density at radius 2 is 1.91 bits per heavy atom. The minimum atomic E-state index is -0.427. The molecule has 168 valence electrons. The van der Waals surface area contributed by atoms with E-state index in [-0.39, 0.29) is 30.1 Å². The Balaban J connectivity index is 1.42. The van der Waals surface area contributed by atoms with Crippen molar-refractivity contribution in [2.24, 2.45) is 0 Å². The molecule has 0 unspecified atom stereocenters. The molecule has 2 heterocycles. The molecule has 1 amide bonds. The van der Waals surface area contributed by atoms with Crippen LogP contribution in [0, 0.1) is 17.0 Å². The first-order valence-electron chi connectivity index (χ1n) is 11.0. The summed E-state index contributed by atoms with van der Waals surface area (Å²) < 4.78 is 6.06. The van der Waals surface area contributed by atoms with E-state index in [9.17, 15) is 14.9 Å². The third-order valence-corrected chi connectivity index (χ3v) is 6.77. The number of nitro groups is 1. The van der Waals surface area contributed by atoms with E-state index in [1.807, 2.05) is 48.2 Å². The fourth-order valence-electron chi connectivity index (χ4n) is 4.88. The van der Waals surface area contributed by atoms with E-state index in [4.69, 9.17) is 16.3 Å². The van der Waals surface area contributed by atoms with Crippen molar-refractivity contribution >= 4 is 28.9 Å². The second-order valence-corrected chi connectivity index (χ2v) is 8.93. The van der Waals surface area contributed by atoms with E-state index in [2.05, 4.69) is 6.07 Å². The molecule has 0 bridgehead atoms. The number of hydrogen-bond donors (Lipinski definition) is 0. The molecule has 3 aromatic carbocycles. The summed E-state index contributed by atoms with van der Waals surface area (Å²) in [7, 11) is 0. The van der Waals surface area contributed by atoms with Crippen molar-refractivity contribution in [1.82, 2.24) is 0 Å². The molecule has 1 atom stereocenters. The predicted molar refractivity (Wildman–Crippen MR) is 127 cm³/mol. The number of halogens is 1. The van der Waals surface area contributed by atoms with Crippen LogP contribution in [0.2, 0.25) is 0 Å². The Labute approximate surface area is 196 Å². The number of alkyl halides is 1. The van der Waals surface area contributed by atoms with Gasteiger partial charge >= 0.3 is 0 Å². The number of carbonyl (C=O) groups is 1. The molecule has 0 N–H and O–H groups in total. The van der Waals surface area contributed by atoms with Crippen LogP contribution in [-0.4, -0.2) is 16.9 Å². The molecule has 2 aliphatic heterocycles. The van der Waals surface area contributed by atoms with Gasteiger partial charge in [0.15, 0.2) is 0 Å². The number of anilines is 1. The Kier molecular flexibility index (Phi) is 5.54. The molecule has 3 aromatic rings. The van der Waals surface area contributed by atoms with E-state index in [0.717, 1.165) is 41.6 Å². The molecule has 33 heavy (non-hydrogen) atoms. The van der Waals surface area contributed by atoms with E-state index in [0.29, 0.717) is 16.9 Å². The highest BCUT2D eigenvalue weighted by Crippen LogP contribution is 2.39. The van der Waals surface area contributed by atoms with Gasteiger partial charge in [0.2, 0.25) is 0 Å². The standard InChI is InChI=1S/C26H23ClN2O4/c1-16-8-23-19(6-7-21-12-20-4-2-3-5-24(20)28(21)26(23)30)13-25(16)33-15-18-9-17(14-27)10-22(11-18)29(31)32/h2-5,8-11,13,21H,6-7,12,14-15H2,1H3/t21-/m1/s1. The number of benzene rings is 3. The fraction of sp³-hybridized carbons (Fsp3) is 0.269. The topological polar surface area (TPSA) is 72.7 Å². The monoisotopic (exact) mass is 462 g/mol. The number of para-hydroxylation sites is 1. The number of non-ortho nitro benzene ring substituents is 1. The van der Waals surface area contributed by atoms with Crippen LogP contribution in [0.3, 0.4) is 0 Å². The lowest BCUT2D eigenvalue weighted by Crippen LogP contribution is -2.36. The zero-order valence-corrected chi connectivity index (χ0v) is 19.0. The molecular weight excluding hydrogens is 440 g/mol. The summed E-state index contributed by atoms with van der Waals surface area (Å²) >= 11 is 5.90. The summed E-state index contributed by atoms with van der Waals surface area (Å²) in [5.74, 6) is 0.913. The maximum atomic E-state index is 13.5. The van der Waals surface area contributed by atoms with Gasteiger partial charge < -0.3 is 9.64 Å². The van der Waals surface area contributed by atoms with E-state index in [1.165, 1.54) is 17.7 Å². The quantitative estimate of drug-likeness (QED) is 0.275. The molecule has 0 saturated heterocycles. The highest BCUT2D eigenvalue weighted by Gasteiger charge is 2.37. The molecule has 0 saturated carbocycles. The Bertz CT molecular complexity index is 1270. The third-order valence-electron chi connectivity index (χ3n) is 6.47. The van der Waals surface area contributed by atoms with Crippen molar-refractivity contribution < 1.29 is 14.5 Å². The molecule has 6 nitrogen and oxygen atoms in total. The van der Waals surface area contributed by atoms with Crippen LogP contribution >= 0.6 is 11.6 Å². The van der Waals surface area contributed by atoms with Gasteiger partial charge in [0.05, 0.1) is 4.92 Å². The van der Waals surface area contributed by atoms with Gasteiger partial charge in [-0.05, 0) is 72.2 Å². The highest BCUT2D eigenvalue weighted by molar-refractivity contribution is 6.17. The van der Waals surface area contributed by atoms with Gasteiger partial charge in [-0.1, -0.05) is 24.3 Å². The number of nitrogens with zero attached hydrogens (tertiary/aromatic N) is 2. The van der Waals surface area contributed by atoms with Crippen LogP contribution < -0.4 is 9.64 Å². The highest BCUT2D eigenvalue weighted by atomic mass is 35.5. The van der Waals surface area contributed by atoms with E-state index < -0.39 is 4.92 Å². The largest absolute Gasteiger partial charge is 0.489 e. The zero-order valence-electron chi connectivity index (χ0n) is 18.2. The number of fused-ring (bicyclic) bond motifs is 4. The number of nitro benzene ring substituents is 1. The first-order valence-corrected chi connectivity index (χ1v) is 11.5. The van der Waals surface area contributed by atoms with Gasteiger partial charge in [0.25, 0.3) is 11.6 Å². The second-order valence-electron chi connectivity index (χ2n) is 8.66. The number of amides is 1. The summed E-state index contributed by atoms with van der Waals surface area (Å²) in [4.78, 5) is 26.3. The molecule has 0 aromatic heterocycles. The molecule has 0 spiro atoms. The SMILES string of the molecule is Cc1cc2c(cc1OCc1cc(CCl)cc([N+](=O)[O-])c1)CC[C@@H]1Cc3ccccc3N1C2=O. The van der Waals surface area contributed by atoms with Crippen molar-refractivity contribution in [3.8, 4) is 5.75 Å². The second kappa shape index (κ2) is 8.52. The molecule has 5 rings (SSSR count). The number of rotatable bonds is 5. The van der Waals surface area contributed by atoms with Crippen molar-refractivity contribution in [2.75, 3.05) is 4.90 Å². The van der Waals surface area contributed by atoms with Crippen molar-refractivity contribution in [1.29, 1.82) is 0 Å². The smallest absolute Gasteiger partial charge is 0.270 e. The summed E-state index contributed by atoms with van der Waals surface area (Å²) in [6.45, 7) is 2.10. The lowest BCUT2D eigenvalue weighted by atomic mass is 9.98. The predicted octanol–water partition coefficient (Wildman–Crippen LogP) is 5.74. The molecule has 0 aliphatic carbocycles. The van der Waals surface area contributed by atoms with Gasteiger partial charge in [0, 0.05) is 35.3 Å².